The van der Waals surface area contributed by atoms with Gasteiger partial charge in [0, 0.05) is 12.1 Å². The van der Waals surface area contributed by atoms with Crippen molar-refractivity contribution in [2.24, 2.45) is 0 Å². The van der Waals surface area contributed by atoms with E-state index in [0.717, 1.165) is 25.9 Å². The summed E-state index contributed by atoms with van der Waals surface area (Å²) in [4.78, 5) is 24.8. The number of nitrogens with zero attached hydrogens (tertiary/aromatic N) is 2. The van der Waals surface area contributed by atoms with Crippen LogP contribution < -0.4 is 10.9 Å². The van der Waals surface area contributed by atoms with Gasteiger partial charge in [-0.15, -0.1) is 0 Å². The fourth-order valence-corrected chi connectivity index (χ4v) is 1.88. The van der Waals surface area contributed by atoms with Crippen molar-refractivity contribution in [2.45, 2.75) is 18.9 Å². The lowest BCUT2D eigenvalue weighted by Gasteiger charge is -2.29. The van der Waals surface area contributed by atoms with E-state index in [4.69, 9.17) is 0 Å². The summed E-state index contributed by atoms with van der Waals surface area (Å²) < 4.78 is 0. The van der Waals surface area contributed by atoms with E-state index in [9.17, 15) is 9.59 Å². The van der Waals surface area contributed by atoms with Crippen molar-refractivity contribution in [2.75, 3.05) is 20.1 Å². The molecule has 6 heteroatoms. The number of carbonyl (C=O) groups is 1. The van der Waals surface area contributed by atoms with Crippen LogP contribution in [-0.4, -0.2) is 47.2 Å². The SMILES string of the molecule is CN1CCC(NC(=O)c2ccc(=O)[nH]n2)CC1. The average Bonchev–Trinajstić information content (AvgIpc) is 2.33. The minimum atomic E-state index is -0.305. The number of carbonyl (C=O) groups excluding carboxylic acids is 1. The van der Waals surface area contributed by atoms with Crippen LogP contribution in [0.2, 0.25) is 0 Å². The van der Waals surface area contributed by atoms with Gasteiger partial charge in [0.1, 0.15) is 5.69 Å². The smallest absolute Gasteiger partial charge is 0.271 e. The molecule has 1 fully saturated rings. The van der Waals surface area contributed by atoms with Crippen molar-refractivity contribution in [3.05, 3.63) is 28.2 Å². The molecule has 1 aromatic heterocycles. The van der Waals surface area contributed by atoms with Crippen LogP contribution in [0.1, 0.15) is 23.3 Å². The first-order valence-corrected chi connectivity index (χ1v) is 5.70. The summed E-state index contributed by atoms with van der Waals surface area (Å²) in [6.45, 7) is 1.98. The van der Waals surface area contributed by atoms with Gasteiger partial charge in [0.15, 0.2) is 0 Å². The predicted molar refractivity (Wildman–Crippen MR) is 62.8 cm³/mol. The quantitative estimate of drug-likeness (QED) is 0.732. The Labute approximate surface area is 99.0 Å². The first kappa shape index (κ1) is 11.8. The van der Waals surface area contributed by atoms with Crippen molar-refractivity contribution in [3.63, 3.8) is 0 Å². The highest BCUT2D eigenvalue weighted by molar-refractivity contribution is 5.92. The average molecular weight is 236 g/mol. The highest BCUT2D eigenvalue weighted by atomic mass is 16.2. The number of hydrogen-bond donors (Lipinski definition) is 2. The Morgan fingerprint density at radius 1 is 1.47 bits per heavy atom. The Hall–Kier alpha value is -1.69. The Morgan fingerprint density at radius 2 is 2.18 bits per heavy atom. The largest absolute Gasteiger partial charge is 0.348 e. The Morgan fingerprint density at radius 3 is 2.76 bits per heavy atom. The predicted octanol–water partition coefficient (Wildman–Crippen LogP) is -0.406. The van der Waals surface area contributed by atoms with E-state index < -0.39 is 0 Å². The summed E-state index contributed by atoms with van der Waals surface area (Å²) in [5, 5.41) is 8.87. The van der Waals surface area contributed by atoms with Gasteiger partial charge in [-0.2, -0.15) is 5.10 Å². The van der Waals surface area contributed by atoms with E-state index in [1.807, 2.05) is 0 Å². The van der Waals surface area contributed by atoms with E-state index in [-0.39, 0.29) is 23.2 Å². The number of aromatic amines is 1. The van der Waals surface area contributed by atoms with Gasteiger partial charge in [-0.25, -0.2) is 5.10 Å². The molecule has 0 aliphatic carbocycles. The molecule has 6 nitrogen and oxygen atoms in total. The molecule has 0 aromatic carbocycles. The molecular weight excluding hydrogens is 220 g/mol. The molecule has 17 heavy (non-hydrogen) atoms. The lowest BCUT2D eigenvalue weighted by atomic mass is 10.1. The van der Waals surface area contributed by atoms with Gasteiger partial charge in [0.2, 0.25) is 0 Å². The fraction of sp³-hybridized carbons (Fsp3) is 0.545. The van der Waals surface area contributed by atoms with Gasteiger partial charge in [-0.05, 0) is 39.0 Å². The number of nitrogens with one attached hydrogen (secondary N) is 2. The Kier molecular flexibility index (Phi) is 3.53. The maximum Gasteiger partial charge on any atom is 0.271 e. The van der Waals surface area contributed by atoms with Crippen molar-refractivity contribution < 1.29 is 4.79 Å². The van der Waals surface area contributed by atoms with Crippen molar-refractivity contribution in [1.82, 2.24) is 20.4 Å². The molecule has 2 heterocycles. The normalized spacial score (nSPS) is 17.9. The van der Waals surface area contributed by atoms with E-state index >= 15 is 0 Å². The summed E-state index contributed by atoms with van der Waals surface area (Å²) >= 11 is 0. The third kappa shape index (κ3) is 3.13. The molecule has 2 N–H and O–H groups in total. The summed E-state index contributed by atoms with van der Waals surface area (Å²) in [6, 6.07) is 2.94. The van der Waals surface area contributed by atoms with Gasteiger partial charge < -0.3 is 10.2 Å². The van der Waals surface area contributed by atoms with Crippen LogP contribution in [0.4, 0.5) is 0 Å². The molecule has 0 unspecified atom stereocenters. The standard InChI is InChI=1S/C11H16N4O2/c1-15-6-4-8(5-7-15)12-11(17)9-2-3-10(16)14-13-9/h2-3,8H,4-7H2,1H3,(H,12,17)(H,14,16). The lowest BCUT2D eigenvalue weighted by molar-refractivity contribution is 0.0910. The zero-order valence-corrected chi connectivity index (χ0v) is 9.77. The minimum Gasteiger partial charge on any atom is -0.348 e. The number of H-pyrrole nitrogens is 1. The zero-order chi connectivity index (χ0) is 12.3. The van der Waals surface area contributed by atoms with Crippen LogP contribution in [-0.2, 0) is 0 Å². The van der Waals surface area contributed by atoms with Crippen LogP contribution in [0.25, 0.3) is 0 Å². The fourth-order valence-electron chi connectivity index (χ4n) is 1.88. The van der Waals surface area contributed by atoms with Crippen LogP contribution >= 0.6 is 0 Å². The molecule has 0 saturated carbocycles. The maximum absolute atomic E-state index is 11.8. The second kappa shape index (κ2) is 5.09. The summed E-state index contributed by atoms with van der Waals surface area (Å²) in [7, 11) is 2.07. The molecule has 2 rings (SSSR count). The van der Waals surface area contributed by atoms with Gasteiger partial charge in [-0.3, -0.25) is 9.59 Å². The van der Waals surface area contributed by atoms with Crippen molar-refractivity contribution in [3.8, 4) is 0 Å². The minimum absolute atomic E-state index is 0.201. The molecule has 1 aliphatic rings. The number of hydrogen-bond acceptors (Lipinski definition) is 4. The third-order valence-electron chi connectivity index (χ3n) is 2.97. The lowest BCUT2D eigenvalue weighted by Crippen LogP contribution is -2.43. The molecular formula is C11H16N4O2. The molecule has 92 valence electrons. The molecule has 1 saturated heterocycles. The Bertz CT molecular complexity index is 429. The molecule has 0 bridgehead atoms. The zero-order valence-electron chi connectivity index (χ0n) is 9.77. The van der Waals surface area contributed by atoms with Gasteiger partial charge in [0.05, 0.1) is 0 Å². The highest BCUT2D eigenvalue weighted by Gasteiger charge is 2.19. The summed E-state index contributed by atoms with van der Waals surface area (Å²) in [5.74, 6) is -0.226. The summed E-state index contributed by atoms with van der Waals surface area (Å²) in [5.41, 5.74) is -0.0515. The van der Waals surface area contributed by atoms with Crippen molar-refractivity contribution >= 4 is 5.91 Å². The van der Waals surface area contributed by atoms with Crippen molar-refractivity contribution in [1.29, 1.82) is 0 Å². The van der Waals surface area contributed by atoms with Crippen LogP contribution in [0.15, 0.2) is 16.9 Å². The van der Waals surface area contributed by atoms with Gasteiger partial charge in [0.25, 0.3) is 11.5 Å². The third-order valence-corrected chi connectivity index (χ3v) is 2.97. The van der Waals surface area contributed by atoms with Crippen LogP contribution in [0.5, 0.6) is 0 Å². The maximum atomic E-state index is 11.8. The topological polar surface area (TPSA) is 78.1 Å². The van der Waals surface area contributed by atoms with E-state index in [1.165, 1.54) is 12.1 Å². The molecule has 0 atom stereocenters. The summed E-state index contributed by atoms with van der Waals surface area (Å²) in [6.07, 6.45) is 1.90. The van der Waals surface area contributed by atoms with Gasteiger partial charge >= 0.3 is 0 Å². The number of amides is 1. The molecule has 1 amide bonds. The second-order valence-electron chi connectivity index (χ2n) is 4.36. The van der Waals surface area contributed by atoms with Gasteiger partial charge in [-0.1, -0.05) is 0 Å². The molecule has 0 radical (unpaired) electrons. The number of aromatic nitrogens is 2. The number of likely N-dealkylation sites (tertiary alicyclic amines) is 1. The molecule has 0 spiro atoms. The highest BCUT2D eigenvalue weighted by Crippen LogP contribution is 2.08. The van der Waals surface area contributed by atoms with E-state index in [0.29, 0.717) is 0 Å². The van der Waals surface area contributed by atoms with E-state index in [1.54, 1.807) is 0 Å². The Balaban J connectivity index is 1.93. The monoisotopic (exact) mass is 236 g/mol. The molecule has 1 aromatic rings. The first-order valence-electron chi connectivity index (χ1n) is 5.70. The first-order chi connectivity index (χ1) is 8.15. The molecule has 1 aliphatic heterocycles. The number of piperidine rings is 1. The second-order valence-corrected chi connectivity index (χ2v) is 4.36. The number of rotatable bonds is 2. The van der Waals surface area contributed by atoms with Crippen LogP contribution in [0.3, 0.4) is 0 Å². The van der Waals surface area contributed by atoms with E-state index in [2.05, 4.69) is 27.5 Å². The van der Waals surface area contributed by atoms with Crippen LogP contribution in [0, 0.1) is 0 Å².